The fourth-order valence-corrected chi connectivity index (χ4v) is 0.892. The zero-order chi connectivity index (χ0) is 12.9. The third kappa shape index (κ3) is 10.4. The van der Waals surface area contributed by atoms with Gasteiger partial charge >= 0.3 is 11.9 Å². The molecule has 0 aromatic heterocycles. The summed E-state index contributed by atoms with van der Waals surface area (Å²) in [5.41, 5.74) is 0. The molecule has 94 valence electrons. The van der Waals surface area contributed by atoms with Gasteiger partial charge in [-0.2, -0.15) is 0 Å². The maximum Gasteiger partial charge on any atom is 0.335 e. The van der Waals surface area contributed by atoms with Crippen molar-refractivity contribution >= 4 is 11.9 Å². The number of hydrogen-bond donors (Lipinski definition) is 0. The lowest BCUT2D eigenvalue weighted by Crippen LogP contribution is -1.98. The van der Waals surface area contributed by atoms with E-state index in [1.54, 1.807) is 6.08 Å². The summed E-state index contributed by atoms with van der Waals surface area (Å²) in [7, 11) is 1.24. The van der Waals surface area contributed by atoms with E-state index in [-0.39, 0.29) is 0 Å². The summed E-state index contributed by atoms with van der Waals surface area (Å²) in [6, 6.07) is 0. The Morgan fingerprint density at radius 3 is 2.47 bits per heavy atom. The van der Waals surface area contributed by atoms with E-state index >= 15 is 0 Å². The van der Waals surface area contributed by atoms with Gasteiger partial charge in [-0.05, 0) is 12.5 Å². The van der Waals surface area contributed by atoms with Crippen LogP contribution in [0.1, 0.15) is 26.2 Å². The molecule has 0 aromatic carbocycles. The van der Waals surface area contributed by atoms with E-state index in [2.05, 4.69) is 16.4 Å². The lowest BCUT2D eigenvalue weighted by Gasteiger charge is -1.91. The molecule has 0 saturated heterocycles. The van der Waals surface area contributed by atoms with Crippen LogP contribution < -0.4 is 0 Å². The van der Waals surface area contributed by atoms with Crippen molar-refractivity contribution in [2.45, 2.75) is 26.2 Å². The molecule has 0 saturated carbocycles. The molecule has 0 heterocycles. The Morgan fingerprint density at radius 1 is 1.12 bits per heavy atom. The molecular weight excluding hydrogens is 220 g/mol. The minimum atomic E-state index is -0.617. The van der Waals surface area contributed by atoms with Gasteiger partial charge in [0.25, 0.3) is 0 Å². The third-order valence-electron chi connectivity index (χ3n) is 1.79. The quantitative estimate of drug-likeness (QED) is 0.225. The maximum atomic E-state index is 11.0. The van der Waals surface area contributed by atoms with Gasteiger partial charge in [0.05, 0.1) is 13.4 Å². The van der Waals surface area contributed by atoms with E-state index < -0.39 is 11.9 Å². The first-order valence-electron chi connectivity index (χ1n) is 5.49. The first kappa shape index (κ1) is 15.2. The molecule has 0 bridgehead atoms. The van der Waals surface area contributed by atoms with Crippen LogP contribution in [0.15, 0.2) is 36.6 Å². The average Bonchev–Trinajstić information content (AvgIpc) is 2.34. The highest BCUT2D eigenvalue weighted by molar-refractivity contribution is 5.91. The monoisotopic (exact) mass is 238 g/mol. The summed E-state index contributed by atoms with van der Waals surface area (Å²) in [5, 5.41) is 0. The summed E-state index contributed by atoms with van der Waals surface area (Å²) in [4.78, 5) is 21.7. The van der Waals surface area contributed by atoms with Gasteiger partial charge in [0.1, 0.15) is 0 Å². The number of esters is 2. The zero-order valence-electron chi connectivity index (χ0n) is 10.2. The SMILES string of the molecule is CCCC/C=C/C=C/OC(=O)/C=C/C(=O)OC. The number of methoxy groups -OCH3 is 1. The van der Waals surface area contributed by atoms with Crippen molar-refractivity contribution < 1.29 is 19.1 Å². The van der Waals surface area contributed by atoms with E-state index in [9.17, 15) is 9.59 Å². The molecule has 4 heteroatoms. The highest BCUT2D eigenvalue weighted by Crippen LogP contribution is 1.95. The van der Waals surface area contributed by atoms with Crippen molar-refractivity contribution in [3.63, 3.8) is 0 Å². The molecule has 17 heavy (non-hydrogen) atoms. The molecule has 0 aliphatic heterocycles. The van der Waals surface area contributed by atoms with Crippen LogP contribution >= 0.6 is 0 Å². The summed E-state index contributed by atoms with van der Waals surface area (Å²) >= 11 is 0. The van der Waals surface area contributed by atoms with Gasteiger partial charge in [-0.3, -0.25) is 0 Å². The van der Waals surface area contributed by atoms with E-state index in [0.717, 1.165) is 31.4 Å². The number of carbonyl (C=O) groups is 2. The van der Waals surface area contributed by atoms with Crippen LogP contribution in [0.5, 0.6) is 0 Å². The minimum absolute atomic E-state index is 0.592. The number of carbonyl (C=O) groups excluding carboxylic acids is 2. The first-order chi connectivity index (χ1) is 8.20. The predicted molar refractivity (Wildman–Crippen MR) is 65.1 cm³/mol. The predicted octanol–water partition coefficient (Wildman–Crippen LogP) is 2.52. The zero-order valence-corrected chi connectivity index (χ0v) is 10.2. The summed E-state index contributed by atoms with van der Waals surface area (Å²) < 4.78 is 9.00. The van der Waals surface area contributed by atoms with Crippen molar-refractivity contribution in [3.05, 3.63) is 36.6 Å². The first-order valence-corrected chi connectivity index (χ1v) is 5.49. The topological polar surface area (TPSA) is 52.6 Å². The summed E-state index contributed by atoms with van der Waals surface area (Å²) in [5.74, 6) is -1.21. The van der Waals surface area contributed by atoms with Crippen molar-refractivity contribution in [3.8, 4) is 0 Å². The van der Waals surface area contributed by atoms with Crippen molar-refractivity contribution in [2.24, 2.45) is 0 Å². The van der Waals surface area contributed by atoms with Gasteiger partial charge in [0.15, 0.2) is 0 Å². The Bertz CT molecular complexity index is 313. The number of rotatable bonds is 7. The third-order valence-corrected chi connectivity index (χ3v) is 1.79. The standard InChI is InChI=1S/C13H18O4/c1-3-4-5-6-7-8-11-17-13(15)10-9-12(14)16-2/h6-11H,3-5H2,1-2H3/b7-6+,10-9+,11-8+. The second-order valence-electron chi connectivity index (χ2n) is 3.19. The van der Waals surface area contributed by atoms with Crippen LogP contribution in [0, 0.1) is 0 Å². The van der Waals surface area contributed by atoms with Gasteiger partial charge < -0.3 is 9.47 Å². The van der Waals surface area contributed by atoms with Crippen LogP contribution in [0.4, 0.5) is 0 Å². The molecule has 0 aromatic rings. The Morgan fingerprint density at radius 2 is 1.82 bits per heavy atom. The largest absolute Gasteiger partial charge is 0.466 e. The van der Waals surface area contributed by atoms with Gasteiger partial charge in [-0.25, -0.2) is 9.59 Å². The number of hydrogen-bond acceptors (Lipinski definition) is 4. The number of unbranched alkanes of at least 4 members (excludes halogenated alkanes) is 2. The highest BCUT2D eigenvalue weighted by Gasteiger charge is 1.96. The number of allylic oxidation sites excluding steroid dienone is 3. The van der Waals surface area contributed by atoms with E-state index in [1.165, 1.54) is 13.4 Å². The lowest BCUT2D eigenvalue weighted by molar-refractivity contribution is -0.136. The smallest absolute Gasteiger partial charge is 0.335 e. The summed E-state index contributed by atoms with van der Waals surface area (Å²) in [6.07, 6.45) is 12.0. The van der Waals surface area contributed by atoms with E-state index in [0.29, 0.717) is 0 Å². The fourth-order valence-electron chi connectivity index (χ4n) is 0.892. The Balaban J connectivity index is 3.76. The second kappa shape index (κ2) is 10.7. The molecule has 0 spiro atoms. The van der Waals surface area contributed by atoms with Crippen molar-refractivity contribution in [1.82, 2.24) is 0 Å². The van der Waals surface area contributed by atoms with Crippen LogP contribution in [0.3, 0.4) is 0 Å². The number of ether oxygens (including phenoxy) is 2. The normalized spacial score (nSPS) is 11.4. The van der Waals surface area contributed by atoms with Gasteiger partial charge in [0, 0.05) is 12.2 Å². The summed E-state index contributed by atoms with van der Waals surface area (Å²) in [6.45, 7) is 2.12. The average molecular weight is 238 g/mol. The fraction of sp³-hybridized carbons (Fsp3) is 0.385. The van der Waals surface area contributed by atoms with Gasteiger partial charge in [-0.1, -0.05) is 31.9 Å². The van der Waals surface area contributed by atoms with Crippen LogP contribution in [0.2, 0.25) is 0 Å². The Labute approximate surface area is 102 Å². The van der Waals surface area contributed by atoms with Gasteiger partial charge in [-0.15, -0.1) is 0 Å². The molecule has 0 unspecified atom stereocenters. The maximum absolute atomic E-state index is 11.0. The molecule has 0 amide bonds. The van der Waals surface area contributed by atoms with Crippen LogP contribution in [-0.2, 0) is 19.1 Å². The molecule has 0 N–H and O–H groups in total. The second-order valence-corrected chi connectivity index (χ2v) is 3.19. The van der Waals surface area contributed by atoms with Crippen LogP contribution in [0.25, 0.3) is 0 Å². The molecule has 0 fully saturated rings. The Kier molecular flexibility index (Phi) is 9.52. The molecular formula is C13H18O4. The molecule has 0 rings (SSSR count). The van der Waals surface area contributed by atoms with E-state index in [4.69, 9.17) is 0 Å². The molecule has 0 radical (unpaired) electrons. The minimum Gasteiger partial charge on any atom is -0.466 e. The van der Waals surface area contributed by atoms with Crippen molar-refractivity contribution in [1.29, 1.82) is 0 Å². The van der Waals surface area contributed by atoms with E-state index in [1.807, 2.05) is 12.2 Å². The lowest BCUT2D eigenvalue weighted by atomic mass is 10.2. The Hall–Kier alpha value is -1.84. The molecule has 0 atom stereocenters. The molecule has 0 aliphatic carbocycles. The van der Waals surface area contributed by atoms with Crippen LogP contribution in [-0.4, -0.2) is 19.0 Å². The highest BCUT2D eigenvalue weighted by atomic mass is 16.5. The van der Waals surface area contributed by atoms with Crippen molar-refractivity contribution in [2.75, 3.05) is 7.11 Å². The van der Waals surface area contributed by atoms with Gasteiger partial charge in [0.2, 0.25) is 0 Å². The molecule has 0 aliphatic rings. The molecule has 4 nitrogen and oxygen atoms in total.